The zero-order valence-corrected chi connectivity index (χ0v) is 13.1. The van der Waals surface area contributed by atoms with E-state index in [4.69, 9.17) is 0 Å². The molecule has 0 spiro atoms. The quantitative estimate of drug-likeness (QED) is 0.649. The molecule has 0 radical (unpaired) electrons. The van der Waals surface area contributed by atoms with Gasteiger partial charge in [-0.3, -0.25) is 4.72 Å². The van der Waals surface area contributed by atoms with E-state index in [1.54, 1.807) is 13.0 Å². The van der Waals surface area contributed by atoms with Gasteiger partial charge >= 0.3 is 5.82 Å². The van der Waals surface area contributed by atoms with Crippen molar-refractivity contribution in [2.24, 2.45) is 0 Å². The van der Waals surface area contributed by atoms with Crippen LogP contribution < -0.4 is 4.72 Å². The van der Waals surface area contributed by atoms with E-state index in [1.807, 2.05) is 0 Å². The Morgan fingerprint density at radius 1 is 1.29 bits per heavy atom. The molecule has 0 saturated heterocycles. The normalized spacial score (nSPS) is 11.1. The lowest BCUT2D eigenvalue weighted by Gasteiger charge is -2.07. The van der Waals surface area contributed by atoms with Crippen LogP contribution in [0.15, 0.2) is 39.8 Å². The van der Waals surface area contributed by atoms with Crippen LogP contribution in [0, 0.1) is 17.0 Å². The first-order chi connectivity index (χ1) is 9.79. The maximum absolute atomic E-state index is 12.1. The van der Waals surface area contributed by atoms with Gasteiger partial charge in [0.25, 0.3) is 10.0 Å². The average Bonchev–Trinajstić information content (AvgIpc) is 2.43. The lowest BCUT2D eigenvalue weighted by molar-refractivity contribution is -0.389. The van der Waals surface area contributed by atoms with Crippen molar-refractivity contribution in [1.82, 2.24) is 9.97 Å². The van der Waals surface area contributed by atoms with Gasteiger partial charge in [-0.1, -0.05) is 0 Å². The fourth-order valence-electron chi connectivity index (χ4n) is 1.44. The van der Waals surface area contributed by atoms with Gasteiger partial charge in [-0.15, -0.1) is 0 Å². The van der Waals surface area contributed by atoms with E-state index in [1.165, 1.54) is 6.07 Å². The van der Waals surface area contributed by atoms with Gasteiger partial charge in [0.1, 0.15) is 10.7 Å². The van der Waals surface area contributed by atoms with Crippen LogP contribution in [0.2, 0.25) is 0 Å². The van der Waals surface area contributed by atoms with Crippen LogP contribution in [0.25, 0.3) is 0 Å². The number of sulfonamides is 1. The van der Waals surface area contributed by atoms with Crippen LogP contribution in [0.3, 0.4) is 0 Å². The second kappa shape index (κ2) is 5.74. The first-order valence-electron chi connectivity index (χ1n) is 5.56. The van der Waals surface area contributed by atoms with Crippen LogP contribution in [0.1, 0.15) is 5.69 Å². The molecule has 8 nitrogen and oxygen atoms in total. The highest BCUT2D eigenvalue weighted by Gasteiger charge is 2.19. The monoisotopic (exact) mass is 372 g/mol. The summed E-state index contributed by atoms with van der Waals surface area (Å²) in [4.78, 5) is 17.1. The molecule has 0 aliphatic rings. The molecule has 0 aromatic carbocycles. The summed E-state index contributed by atoms with van der Waals surface area (Å²) in [5.74, 6) is -0.277. The molecule has 21 heavy (non-hydrogen) atoms. The second-order valence-corrected chi connectivity index (χ2v) is 6.52. The van der Waals surface area contributed by atoms with Gasteiger partial charge in [0.15, 0.2) is 6.20 Å². The molecule has 110 valence electrons. The summed E-state index contributed by atoms with van der Waals surface area (Å²) in [6, 6.07) is 5.29. The third-order valence-corrected chi connectivity index (χ3v) is 4.66. The van der Waals surface area contributed by atoms with Crippen LogP contribution in [-0.4, -0.2) is 23.3 Å². The van der Waals surface area contributed by atoms with Crippen molar-refractivity contribution in [1.29, 1.82) is 0 Å². The van der Waals surface area contributed by atoms with Gasteiger partial charge in [0, 0.05) is 10.5 Å². The predicted octanol–water partition coefficient (Wildman–Crippen LogP) is 2.26. The van der Waals surface area contributed by atoms with Gasteiger partial charge < -0.3 is 10.1 Å². The van der Waals surface area contributed by atoms with Gasteiger partial charge in [-0.2, -0.15) is 0 Å². The van der Waals surface area contributed by atoms with Crippen molar-refractivity contribution >= 4 is 37.6 Å². The zero-order chi connectivity index (χ0) is 15.6. The van der Waals surface area contributed by atoms with Crippen molar-refractivity contribution < 1.29 is 13.3 Å². The summed E-state index contributed by atoms with van der Waals surface area (Å²) >= 11 is 3.26. The van der Waals surface area contributed by atoms with Crippen molar-refractivity contribution in [3.8, 4) is 0 Å². The first-order valence-corrected chi connectivity index (χ1v) is 7.83. The topological polar surface area (TPSA) is 115 Å². The fourth-order valence-corrected chi connectivity index (χ4v) is 2.60. The van der Waals surface area contributed by atoms with E-state index in [0.29, 0.717) is 5.69 Å². The van der Waals surface area contributed by atoms with Crippen molar-refractivity contribution in [3.63, 3.8) is 0 Å². The van der Waals surface area contributed by atoms with E-state index in [2.05, 4.69) is 30.6 Å². The van der Waals surface area contributed by atoms with Gasteiger partial charge in [0.2, 0.25) is 0 Å². The average molecular weight is 373 g/mol. The Kier molecular flexibility index (Phi) is 4.19. The number of pyridine rings is 2. The number of hydrogen-bond acceptors (Lipinski definition) is 6. The Bertz CT molecular complexity index is 792. The molecule has 0 saturated carbocycles. The molecule has 2 heterocycles. The number of aromatic nitrogens is 2. The van der Waals surface area contributed by atoms with E-state index in [9.17, 15) is 18.5 Å². The number of halogens is 1. The SMILES string of the molecule is Cc1nc(NS(=O)(=O)c2ccc([N+](=O)[O-])nc2)ccc1Br. The van der Waals surface area contributed by atoms with Gasteiger partial charge in [-0.05, 0) is 51.0 Å². The minimum Gasteiger partial charge on any atom is -0.358 e. The molecule has 0 bridgehead atoms. The van der Waals surface area contributed by atoms with E-state index < -0.39 is 20.8 Å². The smallest absolute Gasteiger partial charge is 0.358 e. The summed E-state index contributed by atoms with van der Waals surface area (Å²) in [5.41, 5.74) is 0.622. The molecular weight excluding hydrogens is 364 g/mol. The lowest BCUT2D eigenvalue weighted by atomic mass is 10.4. The van der Waals surface area contributed by atoms with E-state index in [-0.39, 0.29) is 10.7 Å². The standard InChI is InChI=1S/C11H9BrN4O4S/c1-7-9(12)3-4-10(14-7)15-21(19,20)8-2-5-11(13-6-8)16(17)18/h2-6H,1H3,(H,14,15). The zero-order valence-electron chi connectivity index (χ0n) is 10.6. The molecule has 0 unspecified atom stereocenters. The van der Waals surface area contributed by atoms with Crippen LogP contribution in [0.4, 0.5) is 11.6 Å². The number of hydrogen-bond donors (Lipinski definition) is 1. The maximum Gasteiger partial charge on any atom is 0.363 e. The second-order valence-electron chi connectivity index (χ2n) is 3.98. The molecule has 1 N–H and O–H groups in total. The summed E-state index contributed by atoms with van der Waals surface area (Å²) in [5, 5.41) is 10.5. The van der Waals surface area contributed by atoms with Crippen LogP contribution >= 0.6 is 15.9 Å². The highest BCUT2D eigenvalue weighted by atomic mass is 79.9. The van der Waals surface area contributed by atoms with Crippen LogP contribution in [0.5, 0.6) is 0 Å². The molecule has 2 rings (SSSR count). The number of nitrogens with one attached hydrogen (secondary N) is 1. The van der Waals surface area contributed by atoms with Crippen molar-refractivity contribution in [2.75, 3.05) is 4.72 Å². The van der Waals surface area contributed by atoms with E-state index >= 15 is 0 Å². The highest BCUT2D eigenvalue weighted by molar-refractivity contribution is 9.10. The third kappa shape index (κ3) is 3.52. The van der Waals surface area contributed by atoms with Gasteiger partial charge in [-0.25, -0.2) is 13.4 Å². The molecule has 10 heteroatoms. The van der Waals surface area contributed by atoms with Crippen molar-refractivity contribution in [2.45, 2.75) is 11.8 Å². The molecule has 0 fully saturated rings. The molecular formula is C11H9BrN4O4S. The number of aryl methyl sites for hydroxylation is 1. The Morgan fingerprint density at radius 2 is 2.00 bits per heavy atom. The van der Waals surface area contributed by atoms with Crippen molar-refractivity contribution in [3.05, 3.63) is 50.7 Å². The Morgan fingerprint density at radius 3 is 2.52 bits per heavy atom. The summed E-state index contributed by atoms with van der Waals surface area (Å²) < 4.78 is 27.2. The van der Waals surface area contributed by atoms with Crippen LogP contribution in [-0.2, 0) is 10.0 Å². The minimum atomic E-state index is -3.90. The lowest BCUT2D eigenvalue weighted by Crippen LogP contribution is -2.14. The number of rotatable bonds is 4. The molecule has 2 aromatic heterocycles. The largest absolute Gasteiger partial charge is 0.363 e. The molecule has 0 aliphatic carbocycles. The summed E-state index contributed by atoms with van der Waals surface area (Å²) in [7, 11) is -3.90. The number of nitrogens with zero attached hydrogens (tertiary/aromatic N) is 3. The number of nitro groups is 1. The maximum atomic E-state index is 12.1. The fraction of sp³-hybridized carbons (Fsp3) is 0.0909. The Balaban J connectivity index is 2.29. The minimum absolute atomic E-state index is 0.147. The molecule has 0 aliphatic heterocycles. The molecule has 0 amide bonds. The third-order valence-electron chi connectivity index (χ3n) is 2.48. The summed E-state index contributed by atoms with van der Waals surface area (Å²) in [6.45, 7) is 1.72. The van der Waals surface area contributed by atoms with E-state index in [0.717, 1.165) is 22.8 Å². The molecule has 2 aromatic rings. The predicted molar refractivity (Wildman–Crippen MR) is 78.4 cm³/mol. The Hall–Kier alpha value is -2.07. The molecule has 0 atom stereocenters. The number of anilines is 1. The summed E-state index contributed by atoms with van der Waals surface area (Å²) in [6.07, 6.45) is 0.923. The highest BCUT2D eigenvalue weighted by Crippen LogP contribution is 2.19. The van der Waals surface area contributed by atoms with Gasteiger partial charge in [0.05, 0.1) is 5.69 Å². The Labute approximate surface area is 128 Å². The first kappa shape index (κ1) is 15.3.